The van der Waals surface area contributed by atoms with Crippen LogP contribution in [0.1, 0.15) is 0 Å². The van der Waals surface area contributed by atoms with Gasteiger partial charge in [0.25, 0.3) is 11.4 Å². The number of fused-ring (bicyclic) bond motifs is 2. The minimum Gasteiger partial charge on any atom is -0.507 e. The Balaban J connectivity index is 0.000000231. The van der Waals surface area contributed by atoms with E-state index in [1.165, 1.54) is 36.4 Å². The number of sulfone groups is 2. The number of nitro groups is 2. The molecule has 0 aliphatic rings. The highest BCUT2D eigenvalue weighted by molar-refractivity contribution is 7.94. The van der Waals surface area contributed by atoms with E-state index in [4.69, 9.17) is 14.6 Å². The van der Waals surface area contributed by atoms with Crippen LogP contribution in [0, 0.1) is 20.2 Å². The highest BCUT2D eigenvalue weighted by Gasteiger charge is 2.21. The van der Waals surface area contributed by atoms with E-state index in [0.717, 1.165) is 48.8 Å². The van der Waals surface area contributed by atoms with Crippen LogP contribution < -0.4 is 5.48 Å². The number of phenolic OH excluding ortho intramolecular Hbond substituents is 2. The number of anilines is 1. The van der Waals surface area contributed by atoms with Crippen molar-refractivity contribution in [1.82, 2.24) is 0 Å². The molecule has 318 valence electrons. The van der Waals surface area contributed by atoms with Gasteiger partial charge < -0.3 is 10.2 Å². The Hall–Kier alpha value is -6.36. The first-order chi connectivity index (χ1) is 28.9. The molecule has 0 heterocycles. The maximum absolute atomic E-state index is 12.1. The highest BCUT2D eigenvalue weighted by Crippen LogP contribution is 2.42. The standard InChI is InChI=1S/C18H16N4O7S2.C17H13N3O8S2/c1-30-29-28-21-15-5-3-4-12-16(23)9-8-14(18(12)15)20-19-13-7-6-11(22(24)25)10-17(13)31(2,26)27;1-30(25,26)16-9-10(20(22)23)5-6-12(16)18-19-13-7-8-14(21)11-3-2-4-15(17(11)13)29-28-27-24/h3-10,21,23H,1-2H3;2-9,21,24H,1H3. The fraction of sp³-hybridized carbons (Fsp3) is 0.0857. The molecule has 22 nitrogen and oxygen atoms in total. The lowest BCUT2D eigenvalue weighted by Crippen LogP contribution is -1.99. The van der Waals surface area contributed by atoms with E-state index in [9.17, 15) is 47.3 Å². The number of benzene rings is 6. The van der Waals surface area contributed by atoms with Gasteiger partial charge >= 0.3 is 0 Å². The van der Waals surface area contributed by atoms with Crippen LogP contribution in [0.4, 0.5) is 39.8 Å². The van der Waals surface area contributed by atoms with Gasteiger partial charge in [-0.2, -0.15) is 0 Å². The van der Waals surface area contributed by atoms with Crippen molar-refractivity contribution < 1.29 is 60.8 Å². The van der Waals surface area contributed by atoms with Crippen molar-refractivity contribution in [2.45, 2.75) is 14.7 Å². The first-order valence-corrected chi connectivity index (χ1v) is 22.2. The molecule has 0 aromatic heterocycles. The van der Waals surface area contributed by atoms with Crippen molar-refractivity contribution in [3.8, 4) is 11.5 Å². The van der Waals surface area contributed by atoms with Crippen LogP contribution in [-0.4, -0.2) is 60.9 Å². The van der Waals surface area contributed by atoms with Gasteiger partial charge in [-0.05, 0) is 48.5 Å². The second kappa shape index (κ2) is 19.8. The van der Waals surface area contributed by atoms with Gasteiger partial charge in [-0.15, -0.1) is 34.1 Å². The van der Waals surface area contributed by atoms with Gasteiger partial charge in [0.15, 0.2) is 19.7 Å². The average Bonchev–Trinajstić information content (AvgIpc) is 3.22. The van der Waals surface area contributed by atoms with Gasteiger partial charge in [0.2, 0.25) is 0 Å². The fourth-order valence-corrected chi connectivity index (χ4v) is 7.67. The molecule has 0 radical (unpaired) electrons. The Morgan fingerprint density at radius 3 is 1.57 bits per heavy atom. The van der Waals surface area contributed by atoms with Crippen molar-refractivity contribution in [3.05, 3.63) is 117 Å². The van der Waals surface area contributed by atoms with Gasteiger partial charge in [0.05, 0.1) is 39.0 Å². The topological polar surface area (TPSA) is 314 Å². The van der Waals surface area contributed by atoms with Crippen molar-refractivity contribution in [2.24, 2.45) is 20.5 Å². The summed E-state index contributed by atoms with van der Waals surface area (Å²) >= 11 is 1.62. The molecular weight excluding hydrogens is 887 g/mol. The Morgan fingerprint density at radius 1 is 0.639 bits per heavy atom. The minimum atomic E-state index is -3.83. The van der Waals surface area contributed by atoms with Gasteiger partial charge in [-0.25, -0.2) is 27.6 Å². The lowest BCUT2D eigenvalue weighted by molar-refractivity contribution is -0.432. The van der Waals surface area contributed by atoms with Crippen molar-refractivity contribution in [1.29, 1.82) is 0 Å². The molecular formula is C35H29N7O15S4. The number of hydrogen-bond acceptors (Lipinski definition) is 22. The van der Waals surface area contributed by atoms with Crippen LogP contribution in [0.25, 0.3) is 21.5 Å². The molecule has 0 saturated heterocycles. The first kappa shape index (κ1) is 45.7. The third-order valence-corrected chi connectivity index (χ3v) is 11.1. The zero-order valence-corrected chi connectivity index (χ0v) is 34.6. The molecule has 6 rings (SSSR count). The molecule has 0 fully saturated rings. The lowest BCUT2D eigenvalue weighted by Gasteiger charge is -2.10. The smallest absolute Gasteiger partial charge is 0.270 e. The molecule has 0 saturated carbocycles. The van der Waals surface area contributed by atoms with Crippen LogP contribution >= 0.6 is 24.1 Å². The van der Waals surface area contributed by atoms with Gasteiger partial charge in [0.1, 0.15) is 32.7 Å². The maximum atomic E-state index is 12.1. The maximum Gasteiger partial charge on any atom is 0.270 e. The lowest BCUT2D eigenvalue weighted by atomic mass is 10.1. The number of hydrogen-bond donors (Lipinski definition) is 4. The Kier molecular flexibility index (Phi) is 14.8. The van der Waals surface area contributed by atoms with E-state index >= 15 is 0 Å². The predicted molar refractivity (Wildman–Crippen MR) is 222 cm³/mol. The molecule has 6 aromatic rings. The molecule has 4 N–H and O–H groups in total. The first-order valence-electron chi connectivity index (χ1n) is 16.5. The molecule has 0 atom stereocenters. The predicted octanol–water partition coefficient (Wildman–Crippen LogP) is 9.53. The molecule has 26 heteroatoms. The van der Waals surface area contributed by atoms with Crippen LogP contribution in [0.15, 0.2) is 132 Å². The molecule has 6 aromatic carbocycles. The minimum absolute atomic E-state index is 0.0180. The average molecular weight is 916 g/mol. The van der Waals surface area contributed by atoms with E-state index in [1.807, 2.05) is 0 Å². The number of phenols is 2. The summed E-state index contributed by atoms with van der Waals surface area (Å²) in [5.74, 6) is -0.0703. The summed E-state index contributed by atoms with van der Waals surface area (Å²) in [5.41, 5.74) is 2.57. The Bertz CT molecular complexity index is 2940. The summed E-state index contributed by atoms with van der Waals surface area (Å²) in [5, 5.41) is 72.1. The molecule has 0 spiro atoms. The monoisotopic (exact) mass is 915 g/mol. The molecule has 0 amide bonds. The highest BCUT2D eigenvalue weighted by atomic mass is 32.2. The number of nitro benzene ring substituents is 2. The molecule has 0 aliphatic heterocycles. The summed E-state index contributed by atoms with van der Waals surface area (Å²) in [6.07, 6.45) is 3.48. The van der Waals surface area contributed by atoms with E-state index in [1.54, 1.807) is 42.7 Å². The van der Waals surface area contributed by atoms with Gasteiger partial charge in [-0.1, -0.05) is 29.3 Å². The molecule has 0 aliphatic carbocycles. The van der Waals surface area contributed by atoms with Gasteiger partial charge in [0, 0.05) is 81.5 Å². The summed E-state index contributed by atoms with van der Waals surface area (Å²) in [6.45, 7) is 0. The largest absolute Gasteiger partial charge is 0.507 e. The summed E-state index contributed by atoms with van der Waals surface area (Å²) in [6, 6.07) is 22.0. The number of nitrogens with zero attached hydrogens (tertiary/aromatic N) is 6. The zero-order chi connectivity index (χ0) is 44.5. The molecule has 61 heavy (non-hydrogen) atoms. The van der Waals surface area contributed by atoms with Crippen molar-refractivity contribution >= 4 is 105 Å². The van der Waals surface area contributed by atoms with Crippen molar-refractivity contribution in [3.63, 3.8) is 0 Å². The van der Waals surface area contributed by atoms with E-state index in [2.05, 4.69) is 35.3 Å². The second-order valence-corrected chi connectivity index (χ2v) is 17.2. The SMILES string of the molecule is CS(=O)(=O)c1cc([N+](=O)[O-])ccc1N=Nc1ccc(O)c2cccc(SOOO)c12.CSOONc1cccc2c(O)ccc(N=Nc3ccc([N+](=O)[O-])cc3S(C)(=O)=O)c12. The third kappa shape index (κ3) is 11.3. The Morgan fingerprint density at radius 2 is 1.10 bits per heavy atom. The third-order valence-electron chi connectivity index (χ3n) is 8.00. The molecule has 0 unspecified atom stereocenters. The summed E-state index contributed by atoms with van der Waals surface area (Å²) in [4.78, 5) is 25.1. The number of nitrogens with one attached hydrogen (secondary N) is 1. The van der Waals surface area contributed by atoms with Crippen molar-refractivity contribution in [2.75, 3.05) is 24.2 Å². The fourth-order valence-electron chi connectivity index (χ4n) is 5.39. The summed E-state index contributed by atoms with van der Waals surface area (Å²) in [7, 11) is -7.65. The number of non-ortho nitro benzene ring substituents is 2. The number of azo groups is 2. The van der Waals surface area contributed by atoms with E-state index in [-0.39, 0.29) is 49.7 Å². The van der Waals surface area contributed by atoms with E-state index < -0.39 is 35.2 Å². The van der Waals surface area contributed by atoms with Crippen LogP contribution in [0.5, 0.6) is 11.5 Å². The normalized spacial score (nSPS) is 11.9. The van der Waals surface area contributed by atoms with E-state index in [0.29, 0.717) is 44.2 Å². The number of rotatable bonds is 15. The number of aromatic hydroxyl groups is 2. The van der Waals surface area contributed by atoms with Crippen LogP contribution in [0.3, 0.4) is 0 Å². The van der Waals surface area contributed by atoms with Crippen LogP contribution in [0.2, 0.25) is 0 Å². The van der Waals surface area contributed by atoms with Gasteiger partial charge in [-0.3, -0.25) is 20.2 Å². The van der Waals surface area contributed by atoms with Crippen LogP contribution in [-0.2, 0) is 38.4 Å². The second-order valence-electron chi connectivity index (χ2n) is 12.0. The molecule has 0 bridgehead atoms. The zero-order valence-electron chi connectivity index (χ0n) is 31.3. The summed E-state index contributed by atoms with van der Waals surface area (Å²) < 4.78 is 57.5. The quantitative estimate of drug-likeness (QED) is 0.0186. The Labute approximate surface area is 352 Å².